The summed E-state index contributed by atoms with van der Waals surface area (Å²) in [6, 6.07) is 3.41. The molecule has 0 radical (unpaired) electrons. The number of hydrogen-bond acceptors (Lipinski definition) is 4. The maximum atomic E-state index is 10.6. The van der Waals surface area contributed by atoms with Gasteiger partial charge in [-0.15, -0.1) is 0 Å². The SMILES string of the molecule is O=C([O-])N1CCC(Oc2ccc(Cl)nc2)CC1. The third kappa shape index (κ3) is 3.23. The Balaban J connectivity index is 1.85. The van der Waals surface area contributed by atoms with Crippen LogP contribution in [-0.2, 0) is 0 Å². The summed E-state index contributed by atoms with van der Waals surface area (Å²) < 4.78 is 5.68. The van der Waals surface area contributed by atoms with Gasteiger partial charge in [0.25, 0.3) is 0 Å². The topological polar surface area (TPSA) is 65.5 Å². The molecule has 6 heteroatoms. The van der Waals surface area contributed by atoms with Crippen molar-refractivity contribution >= 4 is 17.7 Å². The van der Waals surface area contributed by atoms with Gasteiger partial charge in [0.15, 0.2) is 0 Å². The highest BCUT2D eigenvalue weighted by molar-refractivity contribution is 6.29. The fraction of sp³-hybridized carbons (Fsp3) is 0.455. The lowest BCUT2D eigenvalue weighted by Gasteiger charge is -2.33. The maximum absolute atomic E-state index is 10.6. The lowest BCUT2D eigenvalue weighted by molar-refractivity contribution is -0.266. The van der Waals surface area contributed by atoms with Gasteiger partial charge in [0.2, 0.25) is 0 Å². The molecule has 1 fully saturated rings. The third-order valence-corrected chi connectivity index (χ3v) is 2.93. The van der Waals surface area contributed by atoms with Gasteiger partial charge in [-0.25, -0.2) is 4.98 Å². The molecule has 0 unspecified atom stereocenters. The second-order valence-corrected chi connectivity index (χ2v) is 4.27. The van der Waals surface area contributed by atoms with Crippen molar-refractivity contribution in [3.8, 4) is 5.75 Å². The van der Waals surface area contributed by atoms with Gasteiger partial charge in [0, 0.05) is 25.9 Å². The molecule has 2 heterocycles. The number of hydrogen-bond donors (Lipinski definition) is 0. The molecule has 1 amide bonds. The molecular formula is C11H12ClN2O3-. The monoisotopic (exact) mass is 255 g/mol. The van der Waals surface area contributed by atoms with Crippen molar-refractivity contribution in [1.82, 2.24) is 9.88 Å². The zero-order valence-electron chi connectivity index (χ0n) is 9.13. The summed E-state index contributed by atoms with van der Waals surface area (Å²) in [6.45, 7) is 0.905. The van der Waals surface area contributed by atoms with Gasteiger partial charge in [-0.1, -0.05) is 11.6 Å². The Morgan fingerprint density at radius 2 is 2.18 bits per heavy atom. The van der Waals surface area contributed by atoms with E-state index < -0.39 is 6.09 Å². The molecule has 0 aliphatic carbocycles. The van der Waals surface area contributed by atoms with E-state index in [2.05, 4.69) is 4.98 Å². The first kappa shape index (κ1) is 12.0. The molecule has 1 saturated heterocycles. The number of rotatable bonds is 2. The van der Waals surface area contributed by atoms with Gasteiger partial charge in [-0.2, -0.15) is 0 Å². The van der Waals surface area contributed by atoms with Crippen LogP contribution in [0.5, 0.6) is 5.75 Å². The molecule has 1 aliphatic rings. The van der Waals surface area contributed by atoms with E-state index in [9.17, 15) is 9.90 Å². The predicted octanol–water partition coefficient (Wildman–Crippen LogP) is 0.921. The average molecular weight is 256 g/mol. The Morgan fingerprint density at radius 3 is 2.71 bits per heavy atom. The van der Waals surface area contributed by atoms with E-state index in [4.69, 9.17) is 16.3 Å². The minimum Gasteiger partial charge on any atom is -0.530 e. The molecule has 0 spiro atoms. The zero-order chi connectivity index (χ0) is 12.3. The molecule has 1 aliphatic heterocycles. The van der Waals surface area contributed by atoms with Crippen LogP contribution in [-0.4, -0.2) is 35.2 Å². The molecular weight excluding hydrogens is 244 g/mol. The van der Waals surface area contributed by atoms with Crippen molar-refractivity contribution in [3.63, 3.8) is 0 Å². The highest BCUT2D eigenvalue weighted by Gasteiger charge is 2.20. The summed E-state index contributed by atoms with van der Waals surface area (Å²) in [7, 11) is 0. The first-order valence-electron chi connectivity index (χ1n) is 5.39. The van der Waals surface area contributed by atoms with Crippen LogP contribution >= 0.6 is 11.6 Å². The van der Waals surface area contributed by atoms with Crippen molar-refractivity contribution in [1.29, 1.82) is 0 Å². The summed E-state index contributed by atoms with van der Waals surface area (Å²) in [5.41, 5.74) is 0. The average Bonchev–Trinajstić information content (AvgIpc) is 2.33. The van der Waals surface area contributed by atoms with E-state index in [1.807, 2.05) is 0 Å². The number of amides is 1. The van der Waals surface area contributed by atoms with Crippen molar-refractivity contribution < 1.29 is 14.6 Å². The number of pyridine rings is 1. The maximum Gasteiger partial charge on any atom is 0.138 e. The smallest absolute Gasteiger partial charge is 0.138 e. The summed E-state index contributed by atoms with van der Waals surface area (Å²) in [5, 5.41) is 11.0. The summed E-state index contributed by atoms with van der Waals surface area (Å²) in [5.74, 6) is 0.654. The van der Waals surface area contributed by atoms with Crippen LogP contribution < -0.4 is 9.84 Å². The van der Waals surface area contributed by atoms with Crippen LogP contribution in [0.2, 0.25) is 5.15 Å². The van der Waals surface area contributed by atoms with E-state index in [0.29, 0.717) is 36.8 Å². The Morgan fingerprint density at radius 1 is 1.47 bits per heavy atom. The number of carboxylic acid groups (broad SMARTS) is 1. The highest BCUT2D eigenvalue weighted by atomic mass is 35.5. The van der Waals surface area contributed by atoms with E-state index in [1.165, 1.54) is 4.90 Å². The van der Waals surface area contributed by atoms with Crippen molar-refractivity contribution in [2.45, 2.75) is 18.9 Å². The van der Waals surface area contributed by atoms with Crippen LogP contribution in [0, 0.1) is 0 Å². The number of ether oxygens (including phenoxy) is 1. The van der Waals surface area contributed by atoms with Crippen LogP contribution in [0.15, 0.2) is 18.3 Å². The number of likely N-dealkylation sites (tertiary alicyclic amines) is 1. The molecule has 0 aromatic carbocycles. The van der Waals surface area contributed by atoms with Crippen molar-refractivity contribution in [2.75, 3.05) is 13.1 Å². The second-order valence-electron chi connectivity index (χ2n) is 3.89. The quantitative estimate of drug-likeness (QED) is 0.737. The van der Waals surface area contributed by atoms with E-state index in [0.717, 1.165) is 0 Å². The van der Waals surface area contributed by atoms with Gasteiger partial charge < -0.3 is 19.5 Å². The lowest BCUT2D eigenvalue weighted by atomic mass is 10.1. The van der Waals surface area contributed by atoms with Crippen molar-refractivity contribution in [3.05, 3.63) is 23.5 Å². The van der Waals surface area contributed by atoms with Gasteiger partial charge >= 0.3 is 0 Å². The van der Waals surface area contributed by atoms with Gasteiger partial charge in [0.1, 0.15) is 23.1 Å². The Hall–Kier alpha value is -1.49. The van der Waals surface area contributed by atoms with Gasteiger partial charge in [-0.05, 0) is 12.1 Å². The fourth-order valence-corrected chi connectivity index (χ4v) is 1.89. The lowest BCUT2D eigenvalue weighted by Crippen LogP contribution is -2.47. The summed E-state index contributed by atoms with van der Waals surface area (Å²) >= 11 is 5.66. The molecule has 1 aromatic heterocycles. The molecule has 0 saturated carbocycles. The highest BCUT2D eigenvalue weighted by Crippen LogP contribution is 2.19. The molecule has 92 valence electrons. The molecule has 0 N–H and O–H groups in total. The third-order valence-electron chi connectivity index (χ3n) is 2.70. The molecule has 0 atom stereocenters. The van der Waals surface area contributed by atoms with Gasteiger partial charge in [0.05, 0.1) is 6.20 Å². The molecule has 5 nitrogen and oxygen atoms in total. The minimum atomic E-state index is -1.11. The van der Waals surface area contributed by atoms with E-state index in [1.54, 1.807) is 18.3 Å². The number of carbonyl (C=O) groups is 1. The summed E-state index contributed by atoms with van der Waals surface area (Å²) in [4.78, 5) is 15.8. The van der Waals surface area contributed by atoms with Gasteiger partial charge in [-0.3, -0.25) is 0 Å². The Bertz CT molecular complexity index is 388. The number of piperidine rings is 1. The van der Waals surface area contributed by atoms with E-state index >= 15 is 0 Å². The second kappa shape index (κ2) is 5.23. The first-order chi connectivity index (χ1) is 8.15. The van der Waals surface area contributed by atoms with Crippen LogP contribution in [0.3, 0.4) is 0 Å². The Kier molecular flexibility index (Phi) is 3.68. The standard InChI is InChI=1S/C11H13ClN2O3/c12-10-2-1-9(7-13-10)17-8-3-5-14(6-4-8)11(15)16/h1-2,7-8H,3-6H2,(H,15,16)/p-1. The normalized spacial score (nSPS) is 16.9. The predicted molar refractivity (Wildman–Crippen MR) is 59.9 cm³/mol. The number of aromatic nitrogens is 1. The first-order valence-corrected chi connectivity index (χ1v) is 5.77. The number of halogens is 1. The Labute approximate surface area is 104 Å². The van der Waals surface area contributed by atoms with Crippen LogP contribution in [0.4, 0.5) is 4.79 Å². The molecule has 1 aromatic rings. The van der Waals surface area contributed by atoms with Crippen LogP contribution in [0.25, 0.3) is 0 Å². The largest absolute Gasteiger partial charge is 0.530 e. The number of carbonyl (C=O) groups excluding carboxylic acids is 1. The minimum absolute atomic E-state index is 0.0218. The van der Waals surface area contributed by atoms with Crippen LogP contribution in [0.1, 0.15) is 12.8 Å². The molecule has 0 bridgehead atoms. The summed E-state index contributed by atoms with van der Waals surface area (Å²) in [6.07, 6.45) is 1.80. The fourth-order valence-electron chi connectivity index (χ4n) is 1.78. The van der Waals surface area contributed by atoms with Crippen molar-refractivity contribution in [2.24, 2.45) is 0 Å². The zero-order valence-corrected chi connectivity index (χ0v) is 9.89. The molecule has 17 heavy (non-hydrogen) atoms. The number of nitrogens with zero attached hydrogens (tertiary/aromatic N) is 2. The molecule has 2 rings (SSSR count). The van der Waals surface area contributed by atoms with E-state index in [-0.39, 0.29) is 6.10 Å².